The van der Waals surface area contributed by atoms with Gasteiger partial charge in [-0.05, 0) is 48.0 Å². The molecule has 5 rings (SSSR count). The summed E-state index contributed by atoms with van der Waals surface area (Å²) in [6.07, 6.45) is 0. The highest BCUT2D eigenvalue weighted by atomic mass is 15.5. The number of fused-ring (bicyclic) bond motifs is 3. The van der Waals surface area contributed by atoms with Crippen LogP contribution in [-0.4, -0.2) is 4.57 Å². The molecule has 3 heteroatoms. The number of hydrogen-bond acceptors (Lipinski definition) is 2. The maximum absolute atomic E-state index is 3.61. The molecule has 0 aliphatic heterocycles. The monoisotopic (exact) mass is 377 g/mol. The summed E-state index contributed by atoms with van der Waals surface area (Å²) < 4.78 is 2.27. The molecule has 1 N–H and O–H groups in total. The summed E-state index contributed by atoms with van der Waals surface area (Å²) in [6.45, 7) is 0.739. The lowest BCUT2D eigenvalue weighted by molar-refractivity contribution is 0.708. The van der Waals surface area contributed by atoms with Crippen LogP contribution in [0, 0.1) is 0 Å². The Morgan fingerprint density at radius 1 is 0.655 bits per heavy atom. The quantitative estimate of drug-likeness (QED) is 0.369. The maximum atomic E-state index is 3.61. The predicted octanol–water partition coefficient (Wildman–Crippen LogP) is 6.17. The number of benzene rings is 4. The summed E-state index contributed by atoms with van der Waals surface area (Å²) in [5.41, 5.74) is 9.63. The van der Waals surface area contributed by atoms with Gasteiger partial charge in [0.1, 0.15) is 0 Å². The minimum atomic E-state index is 0.739. The molecule has 142 valence electrons. The van der Waals surface area contributed by atoms with Gasteiger partial charge in [0.15, 0.2) is 0 Å². The summed E-state index contributed by atoms with van der Waals surface area (Å²) in [5, 5.41) is 4.75. The lowest BCUT2D eigenvalue weighted by Crippen LogP contribution is -2.33. The van der Waals surface area contributed by atoms with Gasteiger partial charge in [-0.15, -0.1) is 0 Å². The van der Waals surface area contributed by atoms with E-state index in [-0.39, 0.29) is 0 Å². The van der Waals surface area contributed by atoms with Crippen LogP contribution in [0.2, 0.25) is 0 Å². The van der Waals surface area contributed by atoms with Gasteiger partial charge >= 0.3 is 0 Å². The fraction of sp³-hybridized carbons (Fsp3) is 0.0769. The molecule has 4 aromatic carbocycles. The zero-order valence-corrected chi connectivity index (χ0v) is 16.4. The first-order valence-corrected chi connectivity index (χ1v) is 9.91. The average molecular weight is 377 g/mol. The van der Waals surface area contributed by atoms with E-state index in [0.29, 0.717) is 0 Å². The molecule has 1 heterocycles. The van der Waals surface area contributed by atoms with Crippen molar-refractivity contribution in [2.45, 2.75) is 6.54 Å². The molecule has 0 fully saturated rings. The number of hydrogen-bond donors (Lipinski definition) is 1. The number of rotatable bonds is 5. The Morgan fingerprint density at radius 3 is 1.93 bits per heavy atom. The third-order valence-corrected chi connectivity index (χ3v) is 5.45. The van der Waals surface area contributed by atoms with E-state index in [1.165, 1.54) is 27.4 Å². The second-order valence-electron chi connectivity index (χ2n) is 7.27. The predicted molar refractivity (Wildman–Crippen MR) is 122 cm³/mol. The van der Waals surface area contributed by atoms with E-state index in [9.17, 15) is 0 Å². The van der Waals surface area contributed by atoms with Gasteiger partial charge in [0.2, 0.25) is 0 Å². The molecule has 0 atom stereocenters. The third kappa shape index (κ3) is 3.26. The molecule has 0 unspecified atom stereocenters. The molecule has 0 saturated carbocycles. The summed E-state index contributed by atoms with van der Waals surface area (Å²) >= 11 is 0. The molecule has 0 bridgehead atoms. The van der Waals surface area contributed by atoms with Gasteiger partial charge in [-0.3, -0.25) is 5.01 Å². The second kappa shape index (κ2) is 7.46. The number of para-hydroxylation sites is 3. The molecule has 1 aromatic heterocycles. The fourth-order valence-electron chi connectivity index (χ4n) is 3.98. The Kier molecular flexibility index (Phi) is 4.51. The highest BCUT2D eigenvalue weighted by Gasteiger charge is 2.11. The molecule has 5 aromatic rings. The molecule has 3 nitrogen and oxygen atoms in total. The van der Waals surface area contributed by atoms with Crippen LogP contribution in [-0.2, 0) is 13.6 Å². The van der Waals surface area contributed by atoms with Crippen molar-refractivity contribution >= 4 is 33.2 Å². The zero-order valence-electron chi connectivity index (χ0n) is 16.4. The van der Waals surface area contributed by atoms with Crippen LogP contribution >= 0.6 is 0 Å². The highest BCUT2D eigenvalue weighted by Crippen LogP contribution is 2.29. The smallest absolute Gasteiger partial charge is 0.0577 e. The van der Waals surface area contributed by atoms with E-state index >= 15 is 0 Å². The molecule has 0 radical (unpaired) electrons. The van der Waals surface area contributed by atoms with Gasteiger partial charge in [-0.1, -0.05) is 60.7 Å². The number of nitrogens with one attached hydrogen (secondary N) is 1. The van der Waals surface area contributed by atoms with Crippen LogP contribution in [0.1, 0.15) is 5.56 Å². The van der Waals surface area contributed by atoms with E-state index in [2.05, 4.69) is 113 Å². The van der Waals surface area contributed by atoms with Crippen LogP contribution in [0.3, 0.4) is 0 Å². The van der Waals surface area contributed by atoms with Crippen molar-refractivity contribution in [3.05, 3.63) is 109 Å². The Balaban J connectivity index is 1.48. The Bertz CT molecular complexity index is 1220. The molecule has 0 amide bonds. The van der Waals surface area contributed by atoms with Gasteiger partial charge in [-0.2, -0.15) is 0 Å². The first-order valence-electron chi connectivity index (χ1n) is 9.91. The van der Waals surface area contributed by atoms with Gasteiger partial charge in [0.25, 0.3) is 0 Å². The van der Waals surface area contributed by atoms with Crippen molar-refractivity contribution in [3.63, 3.8) is 0 Å². The van der Waals surface area contributed by atoms with Crippen molar-refractivity contribution in [1.29, 1.82) is 0 Å². The van der Waals surface area contributed by atoms with E-state index in [4.69, 9.17) is 0 Å². The minimum Gasteiger partial charge on any atom is -0.344 e. The second-order valence-corrected chi connectivity index (χ2v) is 7.27. The number of anilines is 2. The summed E-state index contributed by atoms with van der Waals surface area (Å²) in [7, 11) is 2.13. The van der Waals surface area contributed by atoms with Gasteiger partial charge in [0.05, 0.1) is 11.4 Å². The van der Waals surface area contributed by atoms with Crippen molar-refractivity contribution in [2.75, 3.05) is 5.01 Å². The summed E-state index contributed by atoms with van der Waals surface area (Å²) in [5.74, 6) is 0. The minimum absolute atomic E-state index is 0.739. The highest BCUT2D eigenvalue weighted by molar-refractivity contribution is 6.08. The third-order valence-electron chi connectivity index (χ3n) is 5.45. The van der Waals surface area contributed by atoms with Crippen LogP contribution in [0.25, 0.3) is 21.8 Å². The first-order chi connectivity index (χ1) is 14.3. The largest absolute Gasteiger partial charge is 0.344 e. The molecule has 0 saturated heterocycles. The number of nitrogens with zero attached hydrogens (tertiary/aromatic N) is 2. The van der Waals surface area contributed by atoms with Crippen LogP contribution in [0.5, 0.6) is 0 Å². The van der Waals surface area contributed by atoms with E-state index in [1.54, 1.807) is 0 Å². The number of hydrazine groups is 1. The Morgan fingerprint density at radius 2 is 1.24 bits per heavy atom. The average Bonchev–Trinajstić information content (AvgIpc) is 3.07. The topological polar surface area (TPSA) is 20.2 Å². The van der Waals surface area contributed by atoms with E-state index < -0.39 is 0 Å². The van der Waals surface area contributed by atoms with Crippen LogP contribution < -0.4 is 10.4 Å². The van der Waals surface area contributed by atoms with Crippen molar-refractivity contribution in [3.8, 4) is 0 Å². The fourth-order valence-corrected chi connectivity index (χ4v) is 3.98. The lowest BCUT2D eigenvalue weighted by atomic mass is 10.1. The molecular weight excluding hydrogens is 354 g/mol. The standard InChI is InChI=1S/C26H23N3/c1-28-25-15-9-8-14-23(25)24-18-20(16-17-26(24)28)19-27-29(21-10-4-2-5-11-21)22-12-6-3-7-13-22/h2-18,27H,19H2,1H3. The van der Waals surface area contributed by atoms with Crippen molar-refractivity contribution < 1.29 is 0 Å². The zero-order chi connectivity index (χ0) is 19.6. The first kappa shape index (κ1) is 17.5. The maximum Gasteiger partial charge on any atom is 0.0577 e. The normalized spacial score (nSPS) is 11.2. The molecule has 0 spiro atoms. The van der Waals surface area contributed by atoms with E-state index in [1.807, 2.05) is 12.1 Å². The Labute approximate surface area is 170 Å². The molecule has 0 aliphatic carbocycles. The van der Waals surface area contributed by atoms with Crippen molar-refractivity contribution in [1.82, 2.24) is 9.99 Å². The molecule has 0 aliphatic rings. The number of aromatic nitrogens is 1. The van der Waals surface area contributed by atoms with Crippen LogP contribution in [0.15, 0.2) is 103 Å². The van der Waals surface area contributed by atoms with Gasteiger partial charge in [-0.25, -0.2) is 5.43 Å². The lowest BCUT2D eigenvalue weighted by Gasteiger charge is -2.26. The van der Waals surface area contributed by atoms with Crippen LogP contribution in [0.4, 0.5) is 11.4 Å². The number of aryl methyl sites for hydroxylation is 1. The summed E-state index contributed by atoms with van der Waals surface area (Å²) in [6, 6.07) is 36.2. The molecule has 29 heavy (non-hydrogen) atoms. The Hall–Kier alpha value is -3.56. The van der Waals surface area contributed by atoms with Gasteiger partial charge in [0, 0.05) is 35.4 Å². The van der Waals surface area contributed by atoms with Gasteiger partial charge < -0.3 is 4.57 Å². The summed E-state index contributed by atoms with van der Waals surface area (Å²) in [4.78, 5) is 0. The van der Waals surface area contributed by atoms with Crippen molar-refractivity contribution in [2.24, 2.45) is 7.05 Å². The molecular formula is C26H23N3. The van der Waals surface area contributed by atoms with E-state index in [0.717, 1.165) is 17.9 Å². The SMILES string of the molecule is Cn1c2ccccc2c2cc(CNN(c3ccccc3)c3ccccc3)ccc21.